The lowest BCUT2D eigenvalue weighted by molar-refractivity contribution is -0.128. The van der Waals surface area contributed by atoms with E-state index in [4.69, 9.17) is 4.74 Å². The molecule has 33 heavy (non-hydrogen) atoms. The first-order valence-electron chi connectivity index (χ1n) is 10.7. The average molecular weight is 444 g/mol. The van der Waals surface area contributed by atoms with Crippen molar-refractivity contribution in [1.82, 2.24) is 4.90 Å². The highest BCUT2D eigenvalue weighted by Crippen LogP contribution is 2.25. The van der Waals surface area contributed by atoms with E-state index < -0.39 is 5.92 Å². The highest BCUT2D eigenvalue weighted by molar-refractivity contribution is 6.05. The maximum Gasteiger partial charge on any atom is 0.255 e. The Balaban J connectivity index is 1.33. The summed E-state index contributed by atoms with van der Waals surface area (Å²) in [6.45, 7) is 0.887. The molecule has 0 spiro atoms. The van der Waals surface area contributed by atoms with E-state index in [0.29, 0.717) is 35.8 Å². The molecular weight excluding hydrogens is 418 g/mol. The molecular formula is C26H25N3O4. The molecule has 1 unspecified atom stereocenters. The van der Waals surface area contributed by atoms with Gasteiger partial charge in [-0.1, -0.05) is 42.5 Å². The normalized spacial score (nSPS) is 15.2. The van der Waals surface area contributed by atoms with Gasteiger partial charge in [-0.2, -0.15) is 0 Å². The van der Waals surface area contributed by atoms with Crippen LogP contribution in [-0.2, 0) is 16.1 Å². The number of rotatable bonds is 7. The molecule has 1 aliphatic rings. The van der Waals surface area contributed by atoms with Crippen LogP contribution in [-0.4, -0.2) is 36.3 Å². The van der Waals surface area contributed by atoms with E-state index in [9.17, 15) is 14.4 Å². The highest BCUT2D eigenvalue weighted by atomic mass is 16.5. The fourth-order valence-corrected chi connectivity index (χ4v) is 3.80. The summed E-state index contributed by atoms with van der Waals surface area (Å²) in [4.78, 5) is 39.3. The van der Waals surface area contributed by atoms with Crippen molar-refractivity contribution in [2.75, 3.05) is 24.3 Å². The van der Waals surface area contributed by atoms with Crippen molar-refractivity contribution in [1.29, 1.82) is 0 Å². The largest absolute Gasteiger partial charge is 0.495 e. The van der Waals surface area contributed by atoms with Gasteiger partial charge in [0.05, 0.1) is 18.7 Å². The Bertz CT molecular complexity index is 1150. The number of nitrogens with one attached hydrogen (secondary N) is 2. The summed E-state index contributed by atoms with van der Waals surface area (Å²) in [5.74, 6) is -0.347. The van der Waals surface area contributed by atoms with Gasteiger partial charge < -0.3 is 20.3 Å². The number of carbonyl (C=O) groups is 3. The van der Waals surface area contributed by atoms with Crippen LogP contribution in [0.1, 0.15) is 22.3 Å². The lowest BCUT2D eigenvalue weighted by Crippen LogP contribution is -2.28. The van der Waals surface area contributed by atoms with E-state index in [2.05, 4.69) is 10.6 Å². The predicted molar refractivity (Wildman–Crippen MR) is 126 cm³/mol. The van der Waals surface area contributed by atoms with Crippen LogP contribution in [0.2, 0.25) is 0 Å². The number of benzene rings is 3. The van der Waals surface area contributed by atoms with Crippen molar-refractivity contribution in [3.8, 4) is 5.75 Å². The number of hydrogen-bond donors (Lipinski definition) is 2. The minimum absolute atomic E-state index is 0.0256. The number of ether oxygens (including phenoxy) is 1. The van der Waals surface area contributed by atoms with Crippen molar-refractivity contribution in [2.45, 2.75) is 13.0 Å². The Morgan fingerprint density at radius 2 is 1.64 bits per heavy atom. The van der Waals surface area contributed by atoms with Crippen LogP contribution in [0.4, 0.5) is 11.4 Å². The molecule has 3 aromatic rings. The van der Waals surface area contributed by atoms with Gasteiger partial charge in [0.25, 0.3) is 5.91 Å². The maximum absolute atomic E-state index is 12.7. The van der Waals surface area contributed by atoms with Crippen LogP contribution < -0.4 is 15.4 Å². The molecule has 0 aliphatic carbocycles. The van der Waals surface area contributed by atoms with Crippen LogP contribution in [0.5, 0.6) is 5.75 Å². The van der Waals surface area contributed by atoms with Crippen LogP contribution in [0.25, 0.3) is 0 Å². The zero-order valence-corrected chi connectivity index (χ0v) is 18.3. The van der Waals surface area contributed by atoms with Gasteiger partial charge in [-0.15, -0.1) is 0 Å². The van der Waals surface area contributed by atoms with Crippen molar-refractivity contribution < 1.29 is 19.1 Å². The SMILES string of the molecule is COc1ccccc1NC(=O)c1ccc(NC(=O)C2CC(=O)N(Cc3ccccc3)C2)cc1. The molecule has 0 bridgehead atoms. The van der Waals surface area contributed by atoms with Crippen LogP contribution in [0.15, 0.2) is 78.9 Å². The quantitative estimate of drug-likeness (QED) is 0.579. The molecule has 1 heterocycles. The smallest absolute Gasteiger partial charge is 0.255 e. The van der Waals surface area contributed by atoms with Gasteiger partial charge in [0, 0.05) is 30.8 Å². The molecule has 3 aromatic carbocycles. The lowest BCUT2D eigenvalue weighted by Gasteiger charge is -2.16. The Morgan fingerprint density at radius 1 is 0.939 bits per heavy atom. The second-order valence-corrected chi connectivity index (χ2v) is 7.88. The summed E-state index contributed by atoms with van der Waals surface area (Å²) in [6.07, 6.45) is 0.193. The van der Waals surface area contributed by atoms with Crippen LogP contribution in [0.3, 0.4) is 0 Å². The van der Waals surface area contributed by atoms with Gasteiger partial charge in [-0.3, -0.25) is 14.4 Å². The summed E-state index contributed by atoms with van der Waals surface area (Å²) in [7, 11) is 1.54. The summed E-state index contributed by atoms with van der Waals surface area (Å²) in [5, 5.41) is 5.67. The molecule has 4 rings (SSSR count). The molecule has 1 aliphatic heterocycles. The molecule has 0 radical (unpaired) electrons. The van der Waals surface area contributed by atoms with Gasteiger partial charge >= 0.3 is 0 Å². The van der Waals surface area contributed by atoms with Crippen molar-refractivity contribution in [3.05, 3.63) is 90.0 Å². The molecule has 1 fully saturated rings. The molecule has 7 heteroatoms. The summed E-state index contributed by atoms with van der Waals surface area (Å²) in [6, 6.07) is 23.5. The first kappa shape index (κ1) is 22.1. The number of carbonyl (C=O) groups excluding carboxylic acids is 3. The summed E-state index contributed by atoms with van der Waals surface area (Å²) < 4.78 is 5.25. The fourth-order valence-electron chi connectivity index (χ4n) is 3.80. The van der Waals surface area contributed by atoms with Gasteiger partial charge in [-0.25, -0.2) is 0 Å². The summed E-state index contributed by atoms with van der Waals surface area (Å²) >= 11 is 0. The number of hydrogen-bond acceptors (Lipinski definition) is 4. The fraction of sp³-hybridized carbons (Fsp3) is 0.192. The molecule has 1 atom stereocenters. The van der Waals surface area contributed by atoms with Crippen molar-refractivity contribution in [2.24, 2.45) is 5.92 Å². The van der Waals surface area contributed by atoms with E-state index in [1.807, 2.05) is 42.5 Å². The number of amides is 3. The Labute approximate surface area is 192 Å². The molecule has 7 nitrogen and oxygen atoms in total. The highest BCUT2D eigenvalue weighted by Gasteiger charge is 2.34. The van der Waals surface area contributed by atoms with Gasteiger partial charge in [-0.05, 0) is 42.0 Å². The maximum atomic E-state index is 12.7. The second-order valence-electron chi connectivity index (χ2n) is 7.88. The number of para-hydroxylation sites is 2. The first-order valence-corrected chi connectivity index (χ1v) is 10.7. The molecule has 1 saturated heterocycles. The Kier molecular flexibility index (Phi) is 6.69. The third-order valence-electron chi connectivity index (χ3n) is 5.57. The van der Waals surface area contributed by atoms with E-state index in [0.717, 1.165) is 5.56 Å². The van der Waals surface area contributed by atoms with E-state index >= 15 is 0 Å². The first-order chi connectivity index (χ1) is 16.0. The lowest BCUT2D eigenvalue weighted by atomic mass is 10.1. The minimum Gasteiger partial charge on any atom is -0.495 e. The molecule has 0 aromatic heterocycles. The Morgan fingerprint density at radius 3 is 2.36 bits per heavy atom. The number of anilines is 2. The van der Waals surface area contributed by atoms with Gasteiger partial charge in [0.15, 0.2) is 0 Å². The molecule has 3 amide bonds. The van der Waals surface area contributed by atoms with E-state index in [1.165, 1.54) is 0 Å². The van der Waals surface area contributed by atoms with Gasteiger partial charge in [0.2, 0.25) is 11.8 Å². The number of likely N-dealkylation sites (tertiary alicyclic amines) is 1. The van der Waals surface area contributed by atoms with Gasteiger partial charge in [0.1, 0.15) is 5.75 Å². The predicted octanol–water partition coefficient (Wildman–Crippen LogP) is 3.93. The second kappa shape index (κ2) is 9.99. The van der Waals surface area contributed by atoms with Crippen LogP contribution in [0, 0.1) is 5.92 Å². The minimum atomic E-state index is -0.408. The number of nitrogens with zero attached hydrogens (tertiary/aromatic N) is 1. The topological polar surface area (TPSA) is 87.7 Å². The van der Waals surface area contributed by atoms with Crippen LogP contribution >= 0.6 is 0 Å². The Hall–Kier alpha value is -4.13. The third kappa shape index (κ3) is 5.38. The zero-order valence-electron chi connectivity index (χ0n) is 18.3. The molecule has 168 valence electrons. The van der Waals surface area contributed by atoms with E-state index in [1.54, 1.807) is 48.4 Å². The standard InChI is InChI=1S/C26H25N3O4/c1-33-23-10-6-5-9-22(23)28-25(31)19-11-13-21(14-12-19)27-26(32)20-15-24(30)29(17-20)16-18-7-3-2-4-8-18/h2-14,20H,15-17H2,1H3,(H,27,32)(H,28,31). The zero-order chi connectivity index (χ0) is 23.2. The third-order valence-corrected chi connectivity index (χ3v) is 5.57. The molecule has 0 saturated carbocycles. The monoisotopic (exact) mass is 443 g/mol. The summed E-state index contributed by atoms with van der Waals surface area (Å²) in [5.41, 5.74) is 2.63. The van der Waals surface area contributed by atoms with Crippen molar-refractivity contribution >= 4 is 29.1 Å². The average Bonchev–Trinajstić information content (AvgIpc) is 3.20. The number of methoxy groups -OCH3 is 1. The van der Waals surface area contributed by atoms with E-state index in [-0.39, 0.29) is 24.1 Å². The van der Waals surface area contributed by atoms with Crippen molar-refractivity contribution in [3.63, 3.8) is 0 Å². The molecule has 2 N–H and O–H groups in total.